The molecule has 40 heavy (non-hydrogen) atoms. The molecule has 3 N–H and O–H groups in total. The van der Waals surface area contributed by atoms with Crippen molar-refractivity contribution in [3.05, 3.63) is 42.2 Å². The molecule has 214 valence electrons. The summed E-state index contributed by atoms with van der Waals surface area (Å²) in [4.78, 5) is 46.2. The number of hydrogen-bond donors (Lipinski definition) is 2. The number of unbranched alkanes of at least 4 members (excludes halogenated alkanes) is 1. The molecule has 3 amide bonds. The molecule has 0 aromatic carbocycles. The lowest BCUT2D eigenvalue weighted by Gasteiger charge is -2.22. The van der Waals surface area contributed by atoms with Crippen LogP contribution in [0.5, 0.6) is 0 Å². The number of ether oxygens (including phenoxy) is 2. The Morgan fingerprint density at radius 3 is 2.77 bits per heavy atom. The van der Waals surface area contributed by atoms with E-state index in [0.717, 1.165) is 17.6 Å². The number of rotatable bonds is 11. The molecule has 0 unspecified atom stereocenters. The van der Waals surface area contributed by atoms with Crippen LogP contribution in [0.3, 0.4) is 0 Å². The van der Waals surface area contributed by atoms with Gasteiger partial charge in [-0.25, -0.2) is 23.5 Å². The summed E-state index contributed by atoms with van der Waals surface area (Å²) in [6.45, 7) is 2.16. The summed E-state index contributed by atoms with van der Waals surface area (Å²) in [7, 11) is 0. The summed E-state index contributed by atoms with van der Waals surface area (Å²) in [5, 5.41) is 6.82. The van der Waals surface area contributed by atoms with Crippen LogP contribution in [-0.2, 0) is 9.47 Å². The normalized spacial score (nSPS) is 13.8. The fourth-order valence-corrected chi connectivity index (χ4v) is 3.98. The zero-order chi connectivity index (χ0) is 28.6. The van der Waals surface area contributed by atoms with Gasteiger partial charge in [0.15, 0.2) is 11.4 Å². The second-order valence-corrected chi connectivity index (χ2v) is 8.94. The molecule has 0 aliphatic carbocycles. The highest BCUT2D eigenvalue weighted by Crippen LogP contribution is 2.26. The van der Waals surface area contributed by atoms with Crippen LogP contribution in [0.4, 0.5) is 25.1 Å². The molecule has 15 heteroatoms. The number of hydrogen-bond acceptors (Lipinski definition) is 9. The highest BCUT2D eigenvalue weighted by Gasteiger charge is 2.25. The Hall–Kier alpha value is -4.40. The van der Waals surface area contributed by atoms with Crippen LogP contribution < -0.4 is 16.0 Å². The molecule has 1 saturated heterocycles. The number of anilines is 2. The maximum atomic E-state index is 13.2. The fourth-order valence-electron chi connectivity index (χ4n) is 3.98. The molecule has 4 heterocycles. The van der Waals surface area contributed by atoms with Crippen molar-refractivity contribution in [1.82, 2.24) is 19.7 Å². The third-order valence-electron chi connectivity index (χ3n) is 6.05. The van der Waals surface area contributed by atoms with Gasteiger partial charge >= 0.3 is 6.09 Å². The molecular weight excluding hydrogens is 532 g/mol. The summed E-state index contributed by atoms with van der Waals surface area (Å²) < 4.78 is 43.9. The first-order chi connectivity index (χ1) is 19.3. The van der Waals surface area contributed by atoms with E-state index in [-0.39, 0.29) is 47.0 Å². The third-order valence-corrected chi connectivity index (χ3v) is 6.05. The Morgan fingerprint density at radius 2 is 2.08 bits per heavy atom. The van der Waals surface area contributed by atoms with Crippen molar-refractivity contribution in [3.63, 3.8) is 0 Å². The van der Waals surface area contributed by atoms with E-state index in [9.17, 15) is 23.2 Å². The van der Waals surface area contributed by atoms with Gasteiger partial charge in [0.25, 0.3) is 18.2 Å². The van der Waals surface area contributed by atoms with Crippen LogP contribution in [0.15, 0.2) is 35.2 Å². The van der Waals surface area contributed by atoms with Gasteiger partial charge < -0.3 is 24.9 Å². The number of pyridine rings is 1. The lowest BCUT2D eigenvalue weighted by atomic mass is 10.1. The Balaban J connectivity index is 1.51. The van der Waals surface area contributed by atoms with Crippen molar-refractivity contribution in [3.8, 4) is 11.5 Å². The number of aromatic nitrogens is 4. The maximum absolute atomic E-state index is 13.2. The van der Waals surface area contributed by atoms with E-state index >= 15 is 0 Å². The molecule has 3 aromatic rings. The molecule has 0 bridgehead atoms. The number of nitrogens with one attached hydrogen (secondary N) is 1. The number of nitrogens with zero attached hydrogens (tertiary/aromatic N) is 5. The van der Waals surface area contributed by atoms with E-state index in [1.54, 1.807) is 4.68 Å². The van der Waals surface area contributed by atoms with Gasteiger partial charge in [-0.05, 0) is 31.4 Å². The Kier molecular flexibility index (Phi) is 9.37. The monoisotopic (exact) mass is 561 g/mol. The van der Waals surface area contributed by atoms with Crippen molar-refractivity contribution in [2.45, 2.75) is 45.1 Å². The zero-order valence-corrected chi connectivity index (χ0v) is 21.7. The molecule has 1 aliphatic heterocycles. The van der Waals surface area contributed by atoms with Crippen LogP contribution in [0.1, 0.15) is 59.6 Å². The third kappa shape index (κ3) is 6.97. The summed E-state index contributed by atoms with van der Waals surface area (Å²) >= 11 is 0. The minimum absolute atomic E-state index is 0.00870. The van der Waals surface area contributed by atoms with E-state index in [1.165, 1.54) is 24.5 Å². The van der Waals surface area contributed by atoms with Gasteiger partial charge in [0.2, 0.25) is 5.89 Å². The molecule has 0 spiro atoms. The average molecular weight is 562 g/mol. The first-order valence-electron chi connectivity index (χ1n) is 12.7. The minimum atomic E-state index is -2.83. The Bertz CT molecular complexity index is 1340. The summed E-state index contributed by atoms with van der Waals surface area (Å²) in [5.74, 6) is -1.64. The van der Waals surface area contributed by atoms with E-state index in [0.29, 0.717) is 32.5 Å². The number of nitrogens with two attached hydrogens (primary N) is 1. The number of halogens is 2. The van der Waals surface area contributed by atoms with Crippen molar-refractivity contribution >= 4 is 29.4 Å². The van der Waals surface area contributed by atoms with Crippen LogP contribution in [-0.4, -0.2) is 70.4 Å². The number of alkyl halides is 2. The lowest BCUT2D eigenvalue weighted by Crippen LogP contribution is -2.36. The van der Waals surface area contributed by atoms with E-state index < -0.39 is 30.9 Å². The predicted octanol–water partition coefficient (Wildman–Crippen LogP) is 3.64. The molecule has 0 atom stereocenters. The van der Waals surface area contributed by atoms with Crippen LogP contribution >= 0.6 is 0 Å². The van der Waals surface area contributed by atoms with Crippen LogP contribution in [0.2, 0.25) is 0 Å². The largest absolute Gasteiger partial charge is 0.449 e. The molecular formula is C25H29F2N7O6. The zero-order valence-electron chi connectivity index (χ0n) is 21.7. The average Bonchev–Trinajstić information content (AvgIpc) is 3.61. The quantitative estimate of drug-likeness (QED) is 0.332. The van der Waals surface area contributed by atoms with E-state index in [2.05, 4.69) is 20.4 Å². The van der Waals surface area contributed by atoms with Crippen molar-refractivity contribution in [1.29, 1.82) is 0 Å². The van der Waals surface area contributed by atoms with Crippen molar-refractivity contribution < 1.29 is 37.1 Å². The summed E-state index contributed by atoms with van der Waals surface area (Å²) in [6, 6.07) is 2.79. The SMILES string of the molecule is CCCCOC(=O)N(CC(F)F)c1cc(-c2nc(C(=O)Nc3cn(C4CCOCC4)nc3C(N)=O)co2)ccn1. The second-order valence-electron chi connectivity index (χ2n) is 8.94. The van der Waals surface area contributed by atoms with Gasteiger partial charge in [0, 0.05) is 31.2 Å². The molecule has 0 saturated carbocycles. The van der Waals surface area contributed by atoms with Gasteiger partial charge in [0.05, 0.1) is 24.9 Å². The highest BCUT2D eigenvalue weighted by atomic mass is 19.3. The minimum Gasteiger partial charge on any atom is -0.449 e. The lowest BCUT2D eigenvalue weighted by molar-refractivity contribution is 0.0660. The summed E-state index contributed by atoms with van der Waals surface area (Å²) in [5.41, 5.74) is 5.61. The topological polar surface area (TPSA) is 168 Å². The molecule has 13 nitrogen and oxygen atoms in total. The number of carbonyl (C=O) groups is 3. The Morgan fingerprint density at radius 1 is 1.30 bits per heavy atom. The molecule has 3 aromatic heterocycles. The number of oxazole rings is 1. The smallest absolute Gasteiger partial charge is 0.415 e. The standard InChI is InChI=1S/C25H29F2N7O6/c1-2-3-8-39-25(37)33(13-19(26)27)20-11-15(4-7-29-20)24-31-18(14-40-24)23(36)30-17-12-34(32-21(17)22(28)35)16-5-9-38-10-6-16/h4,7,11-12,14,16,19H,2-3,5-6,8-10,13H2,1H3,(H2,28,35)(H,30,36). The number of carbonyl (C=O) groups excluding carboxylic acids is 3. The van der Waals surface area contributed by atoms with Crippen LogP contribution in [0.25, 0.3) is 11.5 Å². The molecule has 4 rings (SSSR count). The first-order valence-corrected chi connectivity index (χ1v) is 12.7. The van der Waals surface area contributed by atoms with Crippen LogP contribution in [0, 0.1) is 0 Å². The maximum Gasteiger partial charge on any atom is 0.415 e. The van der Waals surface area contributed by atoms with Gasteiger partial charge in [-0.2, -0.15) is 5.10 Å². The van der Waals surface area contributed by atoms with E-state index in [4.69, 9.17) is 19.6 Å². The summed E-state index contributed by atoms with van der Waals surface area (Å²) in [6.07, 6.45) is 2.85. The second kappa shape index (κ2) is 13.1. The van der Waals surface area contributed by atoms with Gasteiger partial charge in [-0.1, -0.05) is 13.3 Å². The Labute approximate surface area is 227 Å². The van der Waals surface area contributed by atoms with Gasteiger partial charge in [-0.3, -0.25) is 19.2 Å². The van der Waals surface area contributed by atoms with Crippen molar-refractivity contribution in [2.75, 3.05) is 36.6 Å². The predicted molar refractivity (Wildman–Crippen MR) is 137 cm³/mol. The fraction of sp³-hybridized carbons (Fsp3) is 0.440. The number of primary amides is 1. The van der Waals surface area contributed by atoms with E-state index in [1.807, 2.05) is 6.92 Å². The molecule has 0 radical (unpaired) electrons. The van der Waals surface area contributed by atoms with Gasteiger partial charge in [-0.15, -0.1) is 0 Å². The van der Waals surface area contributed by atoms with Gasteiger partial charge in [0.1, 0.15) is 12.1 Å². The molecule has 1 fully saturated rings. The highest BCUT2D eigenvalue weighted by molar-refractivity contribution is 6.07. The first kappa shape index (κ1) is 28.6. The molecule has 1 aliphatic rings. The van der Waals surface area contributed by atoms with Crippen molar-refractivity contribution in [2.24, 2.45) is 5.73 Å². The number of amides is 3.